The van der Waals surface area contributed by atoms with Gasteiger partial charge in [-0.1, -0.05) is 30.3 Å². The first-order chi connectivity index (χ1) is 9.63. The van der Waals surface area contributed by atoms with Gasteiger partial charge in [0.1, 0.15) is 11.4 Å². The minimum atomic E-state index is -0.392. The Morgan fingerprint density at radius 3 is 2.50 bits per heavy atom. The zero-order chi connectivity index (χ0) is 14.5. The minimum absolute atomic E-state index is 0.0641. The molecule has 20 heavy (non-hydrogen) atoms. The number of nitro benzene ring substituents is 1. The number of hydrogen-bond donors (Lipinski definition) is 1. The summed E-state index contributed by atoms with van der Waals surface area (Å²) in [6.45, 7) is 1.94. The fraction of sp³-hybridized carbons (Fsp3) is 0.200. The molecule has 2 aromatic carbocycles. The Labute approximate surface area is 117 Å². The molecular formula is C15H16N2O3. The first-order valence-corrected chi connectivity index (χ1v) is 6.26. The largest absolute Gasteiger partial charge is 0.496 e. The summed E-state index contributed by atoms with van der Waals surface area (Å²) in [6, 6.07) is 14.1. The molecule has 0 amide bonds. The van der Waals surface area contributed by atoms with Gasteiger partial charge in [-0.3, -0.25) is 10.1 Å². The molecule has 1 atom stereocenters. The van der Waals surface area contributed by atoms with E-state index in [4.69, 9.17) is 4.74 Å². The number of benzene rings is 2. The average molecular weight is 272 g/mol. The van der Waals surface area contributed by atoms with Crippen LogP contribution in [0.15, 0.2) is 48.5 Å². The Kier molecular flexibility index (Phi) is 4.20. The van der Waals surface area contributed by atoms with Crippen LogP contribution in [0.5, 0.6) is 5.75 Å². The number of nitrogens with zero attached hydrogens (tertiary/aromatic N) is 1. The van der Waals surface area contributed by atoms with Crippen molar-refractivity contribution in [3.05, 3.63) is 64.2 Å². The molecule has 5 nitrogen and oxygen atoms in total. The molecule has 0 bridgehead atoms. The van der Waals surface area contributed by atoms with Crippen molar-refractivity contribution >= 4 is 11.4 Å². The number of nitro groups is 1. The Bertz CT molecular complexity index is 614. The maximum absolute atomic E-state index is 11.0. The van der Waals surface area contributed by atoms with Crippen LogP contribution in [0.1, 0.15) is 18.5 Å². The van der Waals surface area contributed by atoms with Gasteiger partial charge >= 0.3 is 0 Å². The van der Waals surface area contributed by atoms with E-state index in [1.165, 1.54) is 6.07 Å². The molecule has 104 valence electrons. The number of anilines is 1. The van der Waals surface area contributed by atoms with Crippen LogP contribution in [-0.2, 0) is 0 Å². The minimum Gasteiger partial charge on any atom is -0.496 e. The third-order valence-corrected chi connectivity index (χ3v) is 3.08. The summed E-state index contributed by atoms with van der Waals surface area (Å²) < 4.78 is 5.31. The predicted octanol–water partition coefficient (Wildman–Crippen LogP) is 3.78. The summed E-state index contributed by atoms with van der Waals surface area (Å²) >= 11 is 0. The first kappa shape index (κ1) is 13.9. The molecule has 0 aromatic heterocycles. The highest BCUT2D eigenvalue weighted by atomic mass is 16.6. The van der Waals surface area contributed by atoms with Gasteiger partial charge in [0.2, 0.25) is 0 Å². The van der Waals surface area contributed by atoms with E-state index < -0.39 is 4.92 Å². The van der Waals surface area contributed by atoms with Crippen molar-refractivity contribution < 1.29 is 9.66 Å². The Morgan fingerprint density at radius 2 is 1.80 bits per heavy atom. The van der Waals surface area contributed by atoms with Crippen molar-refractivity contribution in [3.8, 4) is 5.75 Å². The van der Waals surface area contributed by atoms with Gasteiger partial charge < -0.3 is 10.1 Å². The number of para-hydroxylation sites is 3. The van der Waals surface area contributed by atoms with Crippen LogP contribution in [0.2, 0.25) is 0 Å². The van der Waals surface area contributed by atoms with Gasteiger partial charge in [-0.05, 0) is 19.1 Å². The van der Waals surface area contributed by atoms with Crippen molar-refractivity contribution in [2.75, 3.05) is 12.4 Å². The van der Waals surface area contributed by atoms with Crippen LogP contribution in [0, 0.1) is 10.1 Å². The molecule has 2 aromatic rings. The van der Waals surface area contributed by atoms with E-state index in [1.807, 2.05) is 31.2 Å². The van der Waals surface area contributed by atoms with Crippen molar-refractivity contribution in [2.24, 2.45) is 0 Å². The molecule has 0 heterocycles. The normalized spacial score (nSPS) is 11.7. The lowest BCUT2D eigenvalue weighted by atomic mass is 10.1. The van der Waals surface area contributed by atoms with Crippen molar-refractivity contribution in [1.29, 1.82) is 0 Å². The number of ether oxygens (including phenoxy) is 1. The smallest absolute Gasteiger partial charge is 0.292 e. The van der Waals surface area contributed by atoms with E-state index >= 15 is 0 Å². The number of hydrogen-bond acceptors (Lipinski definition) is 4. The van der Waals surface area contributed by atoms with E-state index in [0.29, 0.717) is 5.69 Å². The molecule has 0 radical (unpaired) electrons. The Hall–Kier alpha value is -2.56. The molecule has 5 heteroatoms. The third kappa shape index (κ3) is 2.88. The van der Waals surface area contributed by atoms with Crippen LogP contribution in [0.25, 0.3) is 0 Å². The van der Waals surface area contributed by atoms with Crippen LogP contribution in [0.3, 0.4) is 0 Å². The summed E-state index contributed by atoms with van der Waals surface area (Å²) in [7, 11) is 1.61. The maximum atomic E-state index is 11.0. The van der Waals surface area contributed by atoms with E-state index in [-0.39, 0.29) is 11.7 Å². The zero-order valence-corrected chi connectivity index (χ0v) is 11.4. The molecule has 0 aliphatic heterocycles. The fourth-order valence-electron chi connectivity index (χ4n) is 2.09. The van der Waals surface area contributed by atoms with Crippen molar-refractivity contribution in [2.45, 2.75) is 13.0 Å². The molecule has 0 saturated carbocycles. The first-order valence-electron chi connectivity index (χ1n) is 6.26. The average Bonchev–Trinajstić information content (AvgIpc) is 2.47. The van der Waals surface area contributed by atoms with Crippen molar-refractivity contribution in [3.63, 3.8) is 0 Å². The second kappa shape index (κ2) is 6.06. The molecule has 0 fully saturated rings. The van der Waals surface area contributed by atoms with Gasteiger partial charge in [-0.2, -0.15) is 0 Å². The summed E-state index contributed by atoms with van der Waals surface area (Å²) in [4.78, 5) is 10.6. The number of rotatable bonds is 5. The predicted molar refractivity (Wildman–Crippen MR) is 78.1 cm³/mol. The summed E-state index contributed by atoms with van der Waals surface area (Å²) in [6.07, 6.45) is 0. The molecule has 0 aliphatic carbocycles. The lowest BCUT2D eigenvalue weighted by Gasteiger charge is -2.18. The quantitative estimate of drug-likeness (QED) is 0.664. The number of methoxy groups -OCH3 is 1. The topological polar surface area (TPSA) is 64.4 Å². The lowest BCUT2D eigenvalue weighted by Crippen LogP contribution is -2.09. The van der Waals surface area contributed by atoms with Gasteiger partial charge in [0.05, 0.1) is 18.1 Å². The van der Waals surface area contributed by atoms with Gasteiger partial charge in [-0.25, -0.2) is 0 Å². The lowest BCUT2D eigenvalue weighted by molar-refractivity contribution is -0.384. The van der Waals surface area contributed by atoms with E-state index in [1.54, 1.807) is 25.3 Å². The molecule has 0 saturated heterocycles. The standard InChI is InChI=1S/C15H16N2O3/c1-11(12-7-3-6-10-15(12)20-2)16-13-8-4-5-9-14(13)17(18)19/h3-11,16H,1-2H3. The third-order valence-electron chi connectivity index (χ3n) is 3.08. The molecular weight excluding hydrogens is 256 g/mol. The van der Waals surface area contributed by atoms with Gasteiger partial charge in [0, 0.05) is 11.6 Å². The highest BCUT2D eigenvalue weighted by Gasteiger charge is 2.16. The molecule has 1 unspecified atom stereocenters. The maximum Gasteiger partial charge on any atom is 0.292 e. The molecule has 0 spiro atoms. The van der Waals surface area contributed by atoms with Crippen LogP contribution in [0.4, 0.5) is 11.4 Å². The van der Waals surface area contributed by atoms with Gasteiger partial charge in [0.25, 0.3) is 5.69 Å². The van der Waals surface area contributed by atoms with Crippen LogP contribution in [-0.4, -0.2) is 12.0 Å². The van der Waals surface area contributed by atoms with Gasteiger partial charge in [0.15, 0.2) is 0 Å². The monoisotopic (exact) mass is 272 g/mol. The van der Waals surface area contributed by atoms with Crippen molar-refractivity contribution in [1.82, 2.24) is 0 Å². The van der Waals surface area contributed by atoms with Crippen LogP contribution >= 0.6 is 0 Å². The Morgan fingerprint density at radius 1 is 1.15 bits per heavy atom. The van der Waals surface area contributed by atoms with E-state index in [2.05, 4.69) is 5.32 Å². The fourth-order valence-corrected chi connectivity index (χ4v) is 2.09. The Balaban J connectivity index is 2.28. The van der Waals surface area contributed by atoms with E-state index in [9.17, 15) is 10.1 Å². The van der Waals surface area contributed by atoms with E-state index in [0.717, 1.165) is 11.3 Å². The highest BCUT2D eigenvalue weighted by molar-refractivity contribution is 5.62. The molecule has 1 N–H and O–H groups in total. The molecule has 2 rings (SSSR count). The van der Waals surface area contributed by atoms with Gasteiger partial charge in [-0.15, -0.1) is 0 Å². The zero-order valence-electron chi connectivity index (χ0n) is 11.4. The summed E-state index contributed by atoms with van der Waals surface area (Å²) in [5.74, 6) is 0.756. The number of nitrogens with one attached hydrogen (secondary N) is 1. The highest BCUT2D eigenvalue weighted by Crippen LogP contribution is 2.31. The summed E-state index contributed by atoms with van der Waals surface area (Å²) in [5, 5.41) is 14.2. The second-order valence-corrected chi connectivity index (χ2v) is 4.38. The SMILES string of the molecule is COc1ccccc1C(C)Nc1ccccc1[N+](=O)[O-]. The summed E-state index contributed by atoms with van der Waals surface area (Å²) in [5.41, 5.74) is 1.51. The second-order valence-electron chi connectivity index (χ2n) is 4.38. The molecule has 0 aliphatic rings. The van der Waals surface area contributed by atoms with Crippen LogP contribution < -0.4 is 10.1 Å².